The van der Waals surface area contributed by atoms with Gasteiger partial charge in [0.2, 0.25) is 0 Å². The Kier molecular flexibility index (Phi) is 2.63. The summed E-state index contributed by atoms with van der Waals surface area (Å²) < 4.78 is 0. The van der Waals surface area contributed by atoms with Crippen LogP contribution in [0.15, 0.2) is 0 Å². The second kappa shape index (κ2) is 3.52. The van der Waals surface area contributed by atoms with Gasteiger partial charge in [-0.25, -0.2) is 0 Å². The van der Waals surface area contributed by atoms with E-state index in [0.717, 1.165) is 23.9 Å². The molecule has 2 saturated carbocycles. The molecule has 0 saturated heterocycles. The molecule has 0 aromatic heterocycles. The fourth-order valence-electron chi connectivity index (χ4n) is 3.29. The van der Waals surface area contributed by atoms with Crippen LogP contribution in [0.4, 0.5) is 0 Å². The minimum atomic E-state index is 0.616. The van der Waals surface area contributed by atoms with Crippen molar-refractivity contribution in [3.05, 3.63) is 0 Å². The molecule has 0 spiro atoms. The molecule has 0 aromatic rings. The zero-order chi connectivity index (χ0) is 10.3. The fourth-order valence-corrected chi connectivity index (χ4v) is 3.29. The van der Waals surface area contributed by atoms with Gasteiger partial charge in [-0.3, -0.25) is 0 Å². The standard InChI is InChI=1S/C13H25N/c1-9-5-6-12(10(9)2)14-11-7-13(3,4)8-11/h9-12,14H,5-8H2,1-4H3. The summed E-state index contributed by atoms with van der Waals surface area (Å²) in [6.07, 6.45) is 5.59. The molecule has 2 aliphatic carbocycles. The Labute approximate surface area is 88.7 Å². The molecule has 2 fully saturated rings. The van der Waals surface area contributed by atoms with Crippen LogP contribution in [0.1, 0.15) is 53.4 Å². The largest absolute Gasteiger partial charge is 0.311 e. The van der Waals surface area contributed by atoms with Gasteiger partial charge in [-0.15, -0.1) is 0 Å². The maximum Gasteiger partial charge on any atom is 0.00979 e. The molecule has 1 N–H and O–H groups in total. The predicted molar refractivity (Wildman–Crippen MR) is 61.3 cm³/mol. The van der Waals surface area contributed by atoms with Gasteiger partial charge >= 0.3 is 0 Å². The molecule has 0 amide bonds. The van der Waals surface area contributed by atoms with Crippen LogP contribution in [0, 0.1) is 17.3 Å². The van der Waals surface area contributed by atoms with Crippen LogP contribution < -0.4 is 5.32 Å². The van der Waals surface area contributed by atoms with Gasteiger partial charge < -0.3 is 5.32 Å². The highest BCUT2D eigenvalue weighted by Crippen LogP contribution is 2.41. The summed E-state index contributed by atoms with van der Waals surface area (Å²) in [5, 5.41) is 3.85. The Balaban J connectivity index is 1.77. The van der Waals surface area contributed by atoms with Crippen molar-refractivity contribution in [2.45, 2.75) is 65.5 Å². The molecule has 2 aliphatic rings. The molecule has 14 heavy (non-hydrogen) atoms. The van der Waals surface area contributed by atoms with Gasteiger partial charge in [-0.2, -0.15) is 0 Å². The average Bonchev–Trinajstić information content (AvgIpc) is 2.33. The summed E-state index contributed by atoms with van der Waals surface area (Å²) in [4.78, 5) is 0. The van der Waals surface area contributed by atoms with E-state index in [0.29, 0.717) is 5.41 Å². The molecule has 1 nitrogen and oxygen atoms in total. The van der Waals surface area contributed by atoms with Crippen molar-refractivity contribution in [2.75, 3.05) is 0 Å². The summed E-state index contributed by atoms with van der Waals surface area (Å²) in [7, 11) is 0. The van der Waals surface area contributed by atoms with Crippen LogP contribution in [0.5, 0.6) is 0 Å². The molecule has 0 aromatic carbocycles. The number of nitrogens with one attached hydrogen (secondary N) is 1. The summed E-state index contributed by atoms with van der Waals surface area (Å²) in [6, 6.07) is 1.63. The van der Waals surface area contributed by atoms with E-state index in [1.807, 2.05) is 0 Å². The van der Waals surface area contributed by atoms with Gasteiger partial charge in [-0.1, -0.05) is 27.7 Å². The normalized spacial score (nSPS) is 42.4. The van der Waals surface area contributed by atoms with Crippen LogP contribution in [-0.4, -0.2) is 12.1 Å². The van der Waals surface area contributed by atoms with Crippen LogP contribution in [0.2, 0.25) is 0 Å². The Morgan fingerprint density at radius 3 is 2.14 bits per heavy atom. The maximum atomic E-state index is 3.85. The minimum absolute atomic E-state index is 0.616. The maximum absolute atomic E-state index is 3.85. The highest BCUT2D eigenvalue weighted by Gasteiger charge is 2.39. The van der Waals surface area contributed by atoms with Crippen molar-refractivity contribution in [3.63, 3.8) is 0 Å². The van der Waals surface area contributed by atoms with Crippen LogP contribution in [-0.2, 0) is 0 Å². The molecule has 0 aliphatic heterocycles. The van der Waals surface area contributed by atoms with Crippen molar-refractivity contribution in [3.8, 4) is 0 Å². The van der Waals surface area contributed by atoms with Crippen LogP contribution >= 0.6 is 0 Å². The van der Waals surface area contributed by atoms with Crippen molar-refractivity contribution in [2.24, 2.45) is 17.3 Å². The highest BCUT2D eigenvalue weighted by atomic mass is 15.0. The first-order chi connectivity index (χ1) is 6.48. The third-order valence-electron chi connectivity index (χ3n) is 4.51. The van der Waals surface area contributed by atoms with Crippen LogP contribution in [0.25, 0.3) is 0 Å². The quantitative estimate of drug-likeness (QED) is 0.713. The Morgan fingerprint density at radius 2 is 1.71 bits per heavy atom. The third kappa shape index (κ3) is 1.98. The smallest absolute Gasteiger partial charge is 0.00979 e. The first-order valence-electron chi connectivity index (χ1n) is 6.24. The Bertz CT molecular complexity index is 201. The monoisotopic (exact) mass is 195 g/mol. The fraction of sp³-hybridized carbons (Fsp3) is 1.00. The lowest BCUT2D eigenvalue weighted by molar-refractivity contribution is 0.110. The van der Waals surface area contributed by atoms with E-state index in [9.17, 15) is 0 Å². The number of hydrogen-bond acceptors (Lipinski definition) is 1. The SMILES string of the molecule is CC1CCC(NC2CC(C)(C)C2)C1C. The summed E-state index contributed by atoms with van der Waals surface area (Å²) in [5.74, 6) is 1.82. The average molecular weight is 195 g/mol. The van der Waals surface area contributed by atoms with E-state index in [4.69, 9.17) is 0 Å². The lowest BCUT2D eigenvalue weighted by atomic mass is 9.68. The second-order valence-corrected chi connectivity index (χ2v) is 6.46. The van der Waals surface area contributed by atoms with Gasteiger partial charge in [0, 0.05) is 12.1 Å². The highest BCUT2D eigenvalue weighted by molar-refractivity contribution is 4.95. The van der Waals surface area contributed by atoms with Gasteiger partial charge in [0.05, 0.1) is 0 Å². The Morgan fingerprint density at radius 1 is 1.07 bits per heavy atom. The van der Waals surface area contributed by atoms with Crippen molar-refractivity contribution >= 4 is 0 Å². The molecule has 1 heteroatoms. The van der Waals surface area contributed by atoms with Gasteiger partial charge in [-0.05, 0) is 42.9 Å². The van der Waals surface area contributed by atoms with Crippen molar-refractivity contribution in [1.29, 1.82) is 0 Å². The molecule has 82 valence electrons. The second-order valence-electron chi connectivity index (χ2n) is 6.46. The van der Waals surface area contributed by atoms with E-state index in [1.165, 1.54) is 25.7 Å². The molecule has 2 rings (SSSR count). The van der Waals surface area contributed by atoms with Gasteiger partial charge in [0.15, 0.2) is 0 Å². The zero-order valence-electron chi connectivity index (χ0n) is 10.1. The molecular weight excluding hydrogens is 170 g/mol. The minimum Gasteiger partial charge on any atom is -0.311 e. The van der Waals surface area contributed by atoms with E-state index >= 15 is 0 Å². The first-order valence-corrected chi connectivity index (χ1v) is 6.24. The molecule has 3 atom stereocenters. The Hall–Kier alpha value is -0.0400. The van der Waals surface area contributed by atoms with Crippen molar-refractivity contribution < 1.29 is 0 Å². The first kappa shape index (κ1) is 10.5. The lowest BCUT2D eigenvalue weighted by Crippen LogP contribution is -2.50. The van der Waals surface area contributed by atoms with E-state index < -0.39 is 0 Å². The molecule has 0 bridgehead atoms. The summed E-state index contributed by atoms with van der Waals surface area (Å²) in [5.41, 5.74) is 0.616. The van der Waals surface area contributed by atoms with E-state index in [-0.39, 0.29) is 0 Å². The number of hydrogen-bond donors (Lipinski definition) is 1. The molecule has 0 radical (unpaired) electrons. The molecular formula is C13H25N. The third-order valence-corrected chi connectivity index (χ3v) is 4.51. The topological polar surface area (TPSA) is 12.0 Å². The zero-order valence-corrected chi connectivity index (χ0v) is 10.1. The van der Waals surface area contributed by atoms with Gasteiger partial charge in [0.1, 0.15) is 0 Å². The van der Waals surface area contributed by atoms with E-state index in [1.54, 1.807) is 0 Å². The summed E-state index contributed by atoms with van der Waals surface area (Å²) in [6.45, 7) is 9.58. The molecule has 0 heterocycles. The van der Waals surface area contributed by atoms with Gasteiger partial charge in [0.25, 0.3) is 0 Å². The molecule has 3 unspecified atom stereocenters. The van der Waals surface area contributed by atoms with E-state index in [2.05, 4.69) is 33.0 Å². The van der Waals surface area contributed by atoms with Crippen LogP contribution in [0.3, 0.4) is 0 Å². The predicted octanol–water partition coefficient (Wildman–Crippen LogP) is 3.20. The summed E-state index contributed by atoms with van der Waals surface area (Å²) >= 11 is 0. The van der Waals surface area contributed by atoms with Crippen molar-refractivity contribution in [1.82, 2.24) is 5.32 Å². The lowest BCUT2D eigenvalue weighted by Gasteiger charge is -2.45. The number of rotatable bonds is 2.